The molecule has 5 rings (SSSR count). The van der Waals surface area contributed by atoms with Gasteiger partial charge in [-0.15, -0.1) is 11.3 Å². The average molecular weight is 558 g/mol. The van der Waals surface area contributed by atoms with Gasteiger partial charge in [0.05, 0.1) is 18.8 Å². The highest BCUT2D eigenvalue weighted by Gasteiger charge is 2.21. The van der Waals surface area contributed by atoms with Crippen LogP contribution in [0, 0.1) is 0 Å². The van der Waals surface area contributed by atoms with Gasteiger partial charge in [-0.3, -0.25) is 9.69 Å². The smallest absolute Gasteiger partial charge is 0.317 e. The largest absolute Gasteiger partial charge is 0.480 e. The maximum atomic E-state index is 13.4. The number of carboxylic acid groups (broad SMARTS) is 1. The van der Waals surface area contributed by atoms with E-state index in [4.69, 9.17) is 4.98 Å². The summed E-state index contributed by atoms with van der Waals surface area (Å²) in [5, 5.41) is 15.8. The monoisotopic (exact) mass is 557 g/mol. The van der Waals surface area contributed by atoms with Gasteiger partial charge in [0.25, 0.3) is 0 Å². The van der Waals surface area contributed by atoms with E-state index in [0.717, 1.165) is 53.3 Å². The Labute approximate surface area is 239 Å². The zero-order valence-electron chi connectivity index (χ0n) is 22.6. The molecule has 1 fully saturated rings. The number of nitrogens with one attached hydrogen (secondary N) is 1. The molecule has 0 bridgehead atoms. The molecule has 0 radical (unpaired) electrons. The van der Waals surface area contributed by atoms with Gasteiger partial charge in [0.1, 0.15) is 11.2 Å². The molecule has 40 heavy (non-hydrogen) atoms. The first-order valence-electron chi connectivity index (χ1n) is 14.0. The van der Waals surface area contributed by atoms with Gasteiger partial charge in [0.15, 0.2) is 0 Å². The Morgan fingerprint density at radius 1 is 0.925 bits per heavy atom. The Hall–Kier alpha value is -3.55. The van der Waals surface area contributed by atoms with Crippen molar-refractivity contribution in [3.63, 3.8) is 0 Å². The van der Waals surface area contributed by atoms with E-state index in [1.165, 1.54) is 11.1 Å². The Morgan fingerprint density at radius 3 is 2.35 bits per heavy atom. The highest BCUT2D eigenvalue weighted by Crippen LogP contribution is 2.34. The van der Waals surface area contributed by atoms with Crippen molar-refractivity contribution < 1.29 is 14.3 Å². The van der Waals surface area contributed by atoms with Crippen molar-refractivity contribution >= 4 is 23.0 Å². The van der Waals surface area contributed by atoms with Crippen LogP contribution in [0.4, 0.5) is 10.1 Å². The number of nitrogens with zero attached hydrogens (tertiary/aromatic N) is 2. The van der Waals surface area contributed by atoms with Gasteiger partial charge in [0.2, 0.25) is 0 Å². The molecule has 7 heteroatoms. The van der Waals surface area contributed by atoms with Gasteiger partial charge in [-0.05, 0) is 66.8 Å². The fraction of sp³-hybridized carbons (Fsp3) is 0.333. The molecule has 1 aliphatic rings. The number of halogens is 1. The van der Waals surface area contributed by atoms with Crippen LogP contribution >= 0.6 is 11.3 Å². The van der Waals surface area contributed by atoms with Crippen LogP contribution in [-0.2, 0) is 24.3 Å². The normalized spacial score (nSPS) is 17.1. The number of carboxylic acids is 1. The number of hydrogen-bond donors (Lipinski definition) is 2. The number of aromatic nitrogens is 1. The number of hydrogen-bond acceptors (Lipinski definition) is 5. The zero-order chi connectivity index (χ0) is 27.7. The number of anilines is 1. The molecule has 1 aliphatic carbocycles. The van der Waals surface area contributed by atoms with Crippen LogP contribution in [0.2, 0.25) is 0 Å². The third-order valence-corrected chi connectivity index (χ3v) is 8.38. The van der Waals surface area contributed by atoms with Gasteiger partial charge in [0, 0.05) is 29.7 Å². The number of thiazole rings is 1. The van der Waals surface area contributed by atoms with Crippen LogP contribution in [0.25, 0.3) is 11.3 Å². The highest BCUT2D eigenvalue weighted by molar-refractivity contribution is 7.09. The van der Waals surface area contributed by atoms with Crippen molar-refractivity contribution in [1.82, 2.24) is 9.88 Å². The molecular formula is C33H36FN3O2S. The zero-order valence-corrected chi connectivity index (χ0v) is 23.5. The quantitative estimate of drug-likeness (QED) is 0.188. The van der Waals surface area contributed by atoms with Gasteiger partial charge >= 0.3 is 5.97 Å². The molecule has 1 aromatic heterocycles. The van der Waals surface area contributed by atoms with E-state index in [1.54, 1.807) is 11.3 Å². The maximum absolute atomic E-state index is 13.4. The number of benzene rings is 3. The summed E-state index contributed by atoms with van der Waals surface area (Å²) in [5.74, 6) is -0.339. The Kier molecular flexibility index (Phi) is 9.58. The summed E-state index contributed by atoms with van der Waals surface area (Å²) in [6, 6.07) is 27.1. The Balaban J connectivity index is 1.11. The number of aliphatic carboxylic acids is 1. The second-order valence-electron chi connectivity index (χ2n) is 10.6. The lowest BCUT2D eigenvalue weighted by Gasteiger charge is -2.24. The molecule has 3 aromatic carbocycles. The van der Waals surface area contributed by atoms with E-state index in [-0.39, 0.29) is 6.54 Å². The molecule has 4 aromatic rings. The molecule has 0 atom stereocenters. The minimum Gasteiger partial charge on any atom is -0.480 e. The number of alkyl halides is 1. The summed E-state index contributed by atoms with van der Waals surface area (Å²) in [4.78, 5) is 18.1. The third kappa shape index (κ3) is 7.99. The highest BCUT2D eigenvalue weighted by atomic mass is 32.1. The molecule has 2 N–H and O–H groups in total. The first-order chi connectivity index (χ1) is 19.5. The lowest BCUT2D eigenvalue weighted by molar-refractivity contribution is -0.138. The van der Waals surface area contributed by atoms with Crippen molar-refractivity contribution in [2.24, 2.45) is 0 Å². The minimum absolute atomic E-state index is 0.0321. The van der Waals surface area contributed by atoms with Crippen LogP contribution in [-0.4, -0.2) is 40.2 Å². The molecule has 0 saturated heterocycles. The van der Waals surface area contributed by atoms with Crippen LogP contribution in [0.15, 0.2) is 84.2 Å². The molecule has 0 spiro atoms. The van der Waals surface area contributed by atoms with E-state index in [2.05, 4.69) is 53.8 Å². The van der Waals surface area contributed by atoms with Crippen molar-refractivity contribution in [1.29, 1.82) is 0 Å². The molecule has 0 amide bonds. The average Bonchev–Trinajstić information content (AvgIpc) is 3.43. The van der Waals surface area contributed by atoms with Crippen LogP contribution in [0.5, 0.6) is 0 Å². The summed E-state index contributed by atoms with van der Waals surface area (Å²) in [7, 11) is 0. The summed E-state index contributed by atoms with van der Waals surface area (Å²) in [6.45, 7) is 1.86. The number of rotatable bonds is 12. The predicted octanol–water partition coefficient (Wildman–Crippen LogP) is 7.55. The van der Waals surface area contributed by atoms with Gasteiger partial charge in [-0.25, -0.2) is 9.37 Å². The van der Waals surface area contributed by atoms with Crippen LogP contribution < -0.4 is 5.32 Å². The molecule has 0 aliphatic heterocycles. The molecule has 0 unspecified atom stereocenters. The van der Waals surface area contributed by atoms with Crippen molar-refractivity contribution in [2.45, 2.75) is 57.3 Å². The predicted molar refractivity (Wildman–Crippen MR) is 160 cm³/mol. The molecule has 208 valence electrons. The summed E-state index contributed by atoms with van der Waals surface area (Å²) < 4.78 is 13.4. The fourth-order valence-corrected chi connectivity index (χ4v) is 6.21. The molecule has 1 heterocycles. The van der Waals surface area contributed by atoms with E-state index in [1.807, 2.05) is 40.6 Å². The maximum Gasteiger partial charge on any atom is 0.317 e. The standard InChI is InChI=1S/C33H36FN3O2S/c34-29-14-10-27(11-15-29)26-8-6-24(7-9-26)18-19-35-30-16-12-28(13-17-30)31-23-40-32(36-31)21-37(22-33(38)39)20-25-4-2-1-3-5-25/h1-9,12-13,16-17,23,27,29,35H,10-11,14-15,18-22H2,(H,38,39). The molecule has 5 nitrogen and oxygen atoms in total. The SMILES string of the molecule is O=C(O)CN(Cc1ccccc1)Cc1nc(-c2ccc(NCCc3ccc(C4CCC(F)CC4)cc3)cc2)cs1. The lowest BCUT2D eigenvalue weighted by Crippen LogP contribution is -2.28. The lowest BCUT2D eigenvalue weighted by atomic mass is 9.83. The summed E-state index contributed by atoms with van der Waals surface area (Å²) >= 11 is 1.56. The Morgan fingerprint density at radius 2 is 1.65 bits per heavy atom. The van der Waals surface area contributed by atoms with E-state index in [0.29, 0.717) is 31.8 Å². The van der Waals surface area contributed by atoms with Gasteiger partial charge in [-0.2, -0.15) is 0 Å². The topological polar surface area (TPSA) is 65.5 Å². The van der Waals surface area contributed by atoms with Gasteiger partial charge in [-0.1, -0.05) is 66.7 Å². The van der Waals surface area contributed by atoms with Crippen molar-refractivity contribution in [3.8, 4) is 11.3 Å². The van der Waals surface area contributed by atoms with E-state index in [9.17, 15) is 14.3 Å². The second kappa shape index (κ2) is 13.7. The molecular weight excluding hydrogens is 521 g/mol. The van der Waals surface area contributed by atoms with Crippen molar-refractivity contribution in [2.75, 3.05) is 18.4 Å². The van der Waals surface area contributed by atoms with Crippen molar-refractivity contribution in [3.05, 3.63) is 106 Å². The Bertz CT molecular complexity index is 1350. The van der Waals surface area contributed by atoms with Crippen LogP contribution in [0.3, 0.4) is 0 Å². The van der Waals surface area contributed by atoms with Crippen LogP contribution in [0.1, 0.15) is 53.3 Å². The summed E-state index contributed by atoms with van der Waals surface area (Å²) in [5.41, 5.74) is 6.73. The van der Waals surface area contributed by atoms with E-state index >= 15 is 0 Å². The third-order valence-electron chi connectivity index (χ3n) is 7.55. The van der Waals surface area contributed by atoms with E-state index < -0.39 is 12.1 Å². The summed E-state index contributed by atoms with van der Waals surface area (Å²) in [6.07, 6.45) is 3.62. The fourth-order valence-electron chi connectivity index (χ4n) is 5.36. The number of carbonyl (C=O) groups is 1. The first kappa shape index (κ1) is 28.0. The minimum atomic E-state index is -0.843. The first-order valence-corrected chi connectivity index (χ1v) is 14.9. The second-order valence-corrected chi connectivity index (χ2v) is 11.5. The molecule has 1 saturated carbocycles. The van der Waals surface area contributed by atoms with Gasteiger partial charge < -0.3 is 10.4 Å².